The van der Waals surface area contributed by atoms with Crippen LogP contribution in [0.2, 0.25) is 0 Å². The minimum atomic E-state index is -0.486. The Morgan fingerprint density at radius 3 is 2.58 bits per heavy atom. The largest absolute Gasteiger partial charge is 0.423 e. The summed E-state index contributed by atoms with van der Waals surface area (Å²) < 4.78 is 5.18. The van der Waals surface area contributed by atoms with Crippen molar-refractivity contribution in [3.05, 3.63) is 11.8 Å². The molecule has 1 rings (SSSR count). The number of hydrogen-bond acceptors (Lipinski definition) is 5. The standard InChI is InChI=1S/C7H13N3O2/c1-7(2,4-11)6-10-9-5(3-8)12-6/h11H,3-4,8H2,1-2H3. The van der Waals surface area contributed by atoms with Crippen LogP contribution >= 0.6 is 0 Å². The van der Waals surface area contributed by atoms with Gasteiger partial charge in [0, 0.05) is 0 Å². The Hall–Kier alpha value is -0.940. The summed E-state index contributed by atoms with van der Waals surface area (Å²) >= 11 is 0. The van der Waals surface area contributed by atoms with Gasteiger partial charge in [0.05, 0.1) is 18.6 Å². The van der Waals surface area contributed by atoms with E-state index in [1.807, 2.05) is 13.8 Å². The van der Waals surface area contributed by atoms with E-state index in [4.69, 9.17) is 15.3 Å². The fourth-order valence-electron chi connectivity index (χ4n) is 0.677. The van der Waals surface area contributed by atoms with Gasteiger partial charge in [-0.05, 0) is 13.8 Å². The van der Waals surface area contributed by atoms with Gasteiger partial charge >= 0.3 is 0 Å². The highest BCUT2D eigenvalue weighted by Gasteiger charge is 2.26. The molecule has 0 amide bonds. The molecule has 0 bridgehead atoms. The lowest BCUT2D eigenvalue weighted by Crippen LogP contribution is -2.22. The Morgan fingerprint density at radius 2 is 2.17 bits per heavy atom. The van der Waals surface area contributed by atoms with Crippen molar-refractivity contribution < 1.29 is 9.52 Å². The van der Waals surface area contributed by atoms with Crippen LogP contribution in [0.5, 0.6) is 0 Å². The molecule has 0 aromatic carbocycles. The normalized spacial score (nSPS) is 12.0. The average Bonchev–Trinajstić information content (AvgIpc) is 2.52. The third kappa shape index (κ3) is 1.62. The summed E-state index contributed by atoms with van der Waals surface area (Å²) in [6, 6.07) is 0. The molecule has 0 spiro atoms. The summed E-state index contributed by atoms with van der Waals surface area (Å²) in [4.78, 5) is 0. The van der Waals surface area contributed by atoms with Crippen molar-refractivity contribution in [2.24, 2.45) is 5.73 Å². The van der Waals surface area contributed by atoms with Gasteiger partial charge in [0.25, 0.3) is 0 Å². The maximum atomic E-state index is 8.97. The Bertz CT molecular complexity index is 257. The van der Waals surface area contributed by atoms with Crippen LogP contribution in [0.1, 0.15) is 25.6 Å². The maximum Gasteiger partial charge on any atom is 0.230 e. The summed E-state index contributed by atoms with van der Waals surface area (Å²) in [6.07, 6.45) is 0. The molecule has 1 aromatic heterocycles. The van der Waals surface area contributed by atoms with Crippen molar-refractivity contribution >= 4 is 0 Å². The number of aliphatic hydroxyl groups is 1. The van der Waals surface area contributed by atoms with Gasteiger partial charge in [-0.25, -0.2) is 0 Å². The lowest BCUT2D eigenvalue weighted by Gasteiger charge is -2.15. The van der Waals surface area contributed by atoms with Gasteiger partial charge in [-0.1, -0.05) is 0 Å². The second-order valence-electron chi connectivity index (χ2n) is 3.25. The predicted octanol–water partition coefficient (Wildman–Crippen LogP) is -0.202. The van der Waals surface area contributed by atoms with E-state index in [9.17, 15) is 0 Å². The zero-order valence-electron chi connectivity index (χ0n) is 7.24. The molecule has 0 saturated carbocycles. The molecule has 3 N–H and O–H groups in total. The number of rotatable bonds is 3. The zero-order chi connectivity index (χ0) is 9.19. The van der Waals surface area contributed by atoms with E-state index in [-0.39, 0.29) is 13.2 Å². The third-order valence-electron chi connectivity index (χ3n) is 1.62. The average molecular weight is 171 g/mol. The first-order chi connectivity index (χ1) is 5.60. The van der Waals surface area contributed by atoms with Crippen LogP contribution in [-0.2, 0) is 12.0 Å². The molecule has 0 aliphatic carbocycles. The number of nitrogens with two attached hydrogens (primary N) is 1. The summed E-state index contributed by atoms with van der Waals surface area (Å²) in [5.74, 6) is 0.817. The molecule has 68 valence electrons. The number of aliphatic hydroxyl groups excluding tert-OH is 1. The molecule has 5 heteroatoms. The van der Waals surface area contributed by atoms with E-state index in [0.717, 1.165) is 0 Å². The topological polar surface area (TPSA) is 85.2 Å². The van der Waals surface area contributed by atoms with Gasteiger partial charge in [0.2, 0.25) is 11.8 Å². The molecule has 0 unspecified atom stereocenters. The SMILES string of the molecule is CC(C)(CO)c1nnc(CN)o1. The Labute approximate surface area is 70.6 Å². The van der Waals surface area contributed by atoms with Crippen molar-refractivity contribution in [3.63, 3.8) is 0 Å². The highest BCUT2D eigenvalue weighted by molar-refractivity contribution is 4.98. The van der Waals surface area contributed by atoms with Crippen molar-refractivity contribution in [2.75, 3.05) is 6.61 Å². The van der Waals surface area contributed by atoms with Crippen LogP contribution in [0.25, 0.3) is 0 Å². The predicted molar refractivity (Wildman–Crippen MR) is 42.3 cm³/mol. The van der Waals surface area contributed by atoms with Crippen LogP contribution in [0.15, 0.2) is 4.42 Å². The summed E-state index contributed by atoms with van der Waals surface area (Å²) in [5, 5.41) is 16.4. The van der Waals surface area contributed by atoms with E-state index in [2.05, 4.69) is 10.2 Å². The minimum Gasteiger partial charge on any atom is -0.423 e. The third-order valence-corrected chi connectivity index (χ3v) is 1.62. The molecule has 12 heavy (non-hydrogen) atoms. The highest BCUT2D eigenvalue weighted by atomic mass is 16.4. The molecular formula is C7H13N3O2. The first-order valence-electron chi connectivity index (χ1n) is 3.74. The van der Waals surface area contributed by atoms with Crippen LogP contribution in [0.4, 0.5) is 0 Å². The van der Waals surface area contributed by atoms with E-state index < -0.39 is 5.41 Å². The number of hydrogen-bond donors (Lipinski definition) is 2. The first-order valence-corrected chi connectivity index (χ1v) is 3.74. The van der Waals surface area contributed by atoms with Crippen molar-refractivity contribution in [1.82, 2.24) is 10.2 Å². The number of aromatic nitrogens is 2. The maximum absolute atomic E-state index is 8.97. The van der Waals surface area contributed by atoms with Gasteiger partial charge in [-0.15, -0.1) is 10.2 Å². The molecule has 0 aliphatic rings. The van der Waals surface area contributed by atoms with E-state index in [0.29, 0.717) is 11.8 Å². The number of nitrogens with zero attached hydrogens (tertiary/aromatic N) is 2. The smallest absolute Gasteiger partial charge is 0.230 e. The monoisotopic (exact) mass is 171 g/mol. The fourth-order valence-corrected chi connectivity index (χ4v) is 0.677. The van der Waals surface area contributed by atoms with E-state index in [1.54, 1.807) is 0 Å². The fraction of sp³-hybridized carbons (Fsp3) is 0.714. The molecular weight excluding hydrogens is 158 g/mol. The van der Waals surface area contributed by atoms with Crippen LogP contribution in [0.3, 0.4) is 0 Å². The second-order valence-corrected chi connectivity index (χ2v) is 3.25. The summed E-state index contributed by atoms with van der Waals surface area (Å²) in [7, 11) is 0. The van der Waals surface area contributed by atoms with Crippen molar-refractivity contribution in [3.8, 4) is 0 Å². The molecule has 0 fully saturated rings. The van der Waals surface area contributed by atoms with Gasteiger partial charge in [0.1, 0.15) is 0 Å². The Kier molecular flexibility index (Phi) is 2.44. The van der Waals surface area contributed by atoms with Crippen LogP contribution in [0, 0.1) is 0 Å². The summed E-state index contributed by atoms with van der Waals surface area (Å²) in [6.45, 7) is 3.84. The van der Waals surface area contributed by atoms with Crippen LogP contribution in [-0.4, -0.2) is 21.9 Å². The zero-order valence-corrected chi connectivity index (χ0v) is 7.24. The van der Waals surface area contributed by atoms with Gasteiger partial charge < -0.3 is 15.3 Å². The molecule has 0 atom stereocenters. The van der Waals surface area contributed by atoms with E-state index >= 15 is 0 Å². The minimum absolute atomic E-state index is 0.0286. The van der Waals surface area contributed by atoms with E-state index in [1.165, 1.54) is 0 Å². The van der Waals surface area contributed by atoms with Gasteiger partial charge in [-0.3, -0.25) is 0 Å². The van der Waals surface area contributed by atoms with Gasteiger partial charge in [-0.2, -0.15) is 0 Å². The van der Waals surface area contributed by atoms with Crippen molar-refractivity contribution in [1.29, 1.82) is 0 Å². The quantitative estimate of drug-likeness (QED) is 0.657. The lowest BCUT2D eigenvalue weighted by molar-refractivity contribution is 0.190. The van der Waals surface area contributed by atoms with Crippen molar-refractivity contribution in [2.45, 2.75) is 25.8 Å². The molecule has 0 aliphatic heterocycles. The molecule has 5 nitrogen and oxygen atoms in total. The van der Waals surface area contributed by atoms with Gasteiger partial charge in [0.15, 0.2) is 0 Å². The highest BCUT2D eigenvalue weighted by Crippen LogP contribution is 2.20. The van der Waals surface area contributed by atoms with Crippen LogP contribution < -0.4 is 5.73 Å². The second kappa shape index (κ2) is 3.20. The Balaban J connectivity index is 2.88. The molecule has 1 heterocycles. The molecule has 0 radical (unpaired) electrons. The summed E-state index contributed by atoms with van der Waals surface area (Å²) in [5.41, 5.74) is 4.80. The first kappa shape index (κ1) is 9.15. The Morgan fingerprint density at radius 1 is 1.50 bits per heavy atom. The lowest BCUT2D eigenvalue weighted by atomic mass is 9.95. The molecule has 0 saturated heterocycles. The molecule has 1 aromatic rings.